The van der Waals surface area contributed by atoms with Crippen molar-refractivity contribution in [2.24, 2.45) is 17.1 Å². The van der Waals surface area contributed by atoms with Crippen LogP contribution in [0.1, 0.15) is 30.6 Å². The SMILES string of the molecule is CC(C)C1(C(=O)O)CCN(c2ccc(C(N)=O)c(Br)c2)C1. The molecule has 1 unspecified atom stereocenters. The molecular weight excluding hydrogens is 336 g/mol. The number of anilines is 1. The summed E-state index contributed by atoms with van der Waals surface area (Å²) in [6, 6.07) is 5.29. The first kappa shape index (κ1) is 15.8. The second kappa shape index (κ2) is 5.67. The second-order valence-corrected chi connectivity index (χ2v) is 6.67. The van der Waals surface area contributed by atoms with Crippen LogP contribution in [-0.4, -0.2) is 30.1 Å². The molecule has 0 spiro atoms. The molecule has 5 nitrogen and oxygen atoms in total. The van der Waals surface area contributed by atoms with Crippen molar-refractivity contribution in [1.29, 1.82) is 0 Å². The Morgan fingerprint density at radius 3 is 2.52 bits per heavy atom. The Morgan fingerprint density at radius 1 is 1.43 bits per heavy atom. The van der Waals surface area contributed by atoms with E-state index in [4.69, 9.17) is 5.73 Å². The van der Waals surface area contributed by atoms with Crippen LogP contribution in [0.25, 0.3) is 0 Å². The zero-order valence-electron chi connectivity index (χ0n) is 12.1. The molecule has 0 radical (unpaired) electrons. The highest BCUT2D eigenvalue weighted by molar-refractivity contribution is 9.10. The molecule has 0 aromatic heterocycles. The highest BCUT2D eigenvalue weighted by atomic mass is 79.9. The fourth-order valence-corrected chi connectivity index (χ4v) is 3.41. The lowest BCUT2D eigenvalue weighted by atomic mass is 9.76. The first-order valence-electron chi connectivity index (χ1n) is 6.85. The smallest absolute Gasteiger partial charge is 0.311 e. The van der Waals surface area contributed by atoms with Crippen molar-refractivity contribution in [2.45, 2.75) is 20.3 Å². The van der Waals surface area contributed by atoms with Crippen molar-refractivity contribution in [1.82, 2.24) is 0 Å². The van der Waals surface area contributed by atoms with E-state index in [1.165, 1.54) is 0 Å². The molecule has 2 rings (SSSR count). The van der Waals surface area contributed by atoms with Crippen molar-refractivity contribution in [2.75, 3.05) is 18.0 Å². The lowest BCUT2D eigenvalue weighted by Gasteiger charge is -2.29. The molecule has 114 valence electrons. The zero-order valence-corrected chi connectivity index (χ0v) is 13.7. The third-order valence-corrected chi connectivity index (χ3v) is 5.07. The zero-order chi connectivity index (χ0) is 15.8. The molecule has 1 aromatic rings. The highest BCUT2D eigenvalue weighted by Crippen LogP contribution is 2.40. The van der Waals surface area contributed by atoms with Crippen molar-refractivity contribution in [3.05, 3.63) is 28.2 Å². The summed E-state index contributed by atoms with van der Waals surface area (Å²) in [4.78, 5) is 24.9. The Labute approximate surface area is 132 Å². The average Bonchev–Trinajstić information content (AvgIpc) is 2.84. The molecular formula is C15H19BrN2O3. The number of aliphatic carboxylic acids is 1. The Bertz CT molecular complexity index is 588. The van der Waals surface area contributed by atoms with Gasteiger partial charge in [0.05, 0.1) is 11.0 Å². The van der Waals surface area contributed by atoms with Crippen LogP contribution < -0.4 is 10.6 Å². The van der Waals surface area contributed by atoms with E-state index in [0.717, 1.165) is 5.69 Å². The summed E-state index contributed by atoms with van der Waals surface area (Å²) in [5.41, 5.74) is 5.89. The molecule has 0 aliphatic carbocycles. The standard InChI is InChI=1S/C15H19BrN2O3/c1-9(2)15(14(20)21)5-6-18(8-15)10-3-4-11(13(17)19)12(16)7-10/h3-4,7,9H,5-6,8H2,1-2H3,(H2,17,19)(H,20,21). The summed E-state index contributed by atoms with van der Waals surface area (Å²) >= 11 is 3.34. The van der Waals surface area contributed by atoms with E-state index in [-0.39, 0.29) is 5.92 Å². The van der Waals surface area contributed by atoms with E-state index in [0.29, 0.717) is 29.5 Å². The Balaban J connectivity index is 2.28. The number of carbonyl (C=O) groups excluding carboxylic acids is 1. The van der Waals surface area contributed by atoms with E-state index < -0.39 is 17.3 Å². The quantitative estimate of drug-likeness (QED) is 0.869. The molecule has 1 amide bonds. The summed E-state index contributed by atoms with van der Waals surface area (Å²) in [5, 5.41) is 9.57. The number of primary amides is 1. The lowest BCUT2D eigenvalue weighted by Crippen LogP contribution is -2.39. The number of hydrogen-bond donors (Lipinski definition) is 2. The lowest BCUT2D eigenvalue weighted by molar-refractivity contribution is -0.150. The summed E-state index contributed by atoms with van der Waals surface area (Å²) in [7, 11) is 0. The molecule has 21 heavy (non-hydrogen) atoms. The molecule has 1 aliphatic rings. The third-order valence-electron chi connectivity index (χ3n) is 4.42. The first-order chi connectivity index (χ1) is 9.78. The predicted molar refractivity (Wildman–Crippen MR) is 84.4 cm³/mol. The topological polar surface area (TPSA) is 83.6 Å². The molecule has 1 saturated heterocycles. The average molecular weight is 355 g/mol. The normalized spacial score (nSPS) is 21.8. The van der Waals surface area contributed by atoms with Gasteiger partial charge in [-0.25, -0.2) is 0 Å². The molecule has 0 bridgehead atoms. The van der Waals surface area contributed by atoms with Gasteiger partial charge in [0.15, 0.2) is 0 Å². The summed E-state index contributed by atoms with van der Waals surface area (Å²) in [6.07, 6.45) is 0.620. The van der Waals surface area contributed by atoms with Crippen molar-refractivity contribution in [3.8, 4) is 0 Å². The number of hydrogen-bond acceptors (Lipinski definition) is 3. The van der Waals surface area contributed by atoms with Crippen LogP contribution in [0.5, 0.6) is 0 Å². The maximum Gasteiger partial charge on any atom is 0.311 e. The van der Waals surface area contributed by atoms with Gasteiger partial charge in [0.25, 0.3) is 0 Å². The van der Waals surface area contributed by atoms with Crippen LogP contribution in [0.15, 0.2) is 22.7 Å². The molecule has 0 saturated carbocycles. The molecule has 1 fully saturated rings. The molecule has 1 aromatic carbocycles. The van der Waals surface area contributed by atoms with Gasteiger partial charge in [-0.3, -0.25) is 9.59 Å². The summed E-state index contributed by atoms with van der Waals surface area (Å²) in [6.45, 7) is 5.06. The van der Waals surface area contributed by atoms with E-state index in [1.807, 2.05) is 30.9 Å². The number of halogens is 1. The third kappa shape index (κ3) is 2.77. The van der Waals surface area contributed by atoms with Gasteiger partial charge in [-0.1, -0.05) is 13.8 Å². The van der Waals surface area contributed by atoms with Crippen LogP contribution in [0.2, 0.25) is 0 Å². The van der Waals surface area contributed by atoms with Crippen LogP contribution in [-0.2, 0) is 4.79 Å². The van der Waals surface area contributed by atoms with Crippen molar-refractivity contribution < 1.29 is 14.7 Å². The Morgan fingerprint density at radius 2 is 2.10 bits per heavy atom. The molecule has 1 heterocycles. The van der Waals surface area contributed by atoms with Crippen molar-refractivity contribution >= 4 is 33.5 Å². The maximum absolute atomic E-state index is 11.7. The largest absolute Gasteiger partial charge is 0.481 e. The van der Waals surface area contributed by atoms with Gasteiger partial charge >= 0.3 is 5.97 Å². The molecule has 1 aliphatic heterocycles. The van der Waals surface area contributed by atoms with E-state index in [9.17, 15) is 14.7 Å². The number of carboxylic acids is 1. The maximum atomic E-state index is 11.7. The highest BCUT2D eigenvalue weighted by Gasteiger charge is 2.47. The molecule has 3 N–H and O–H groups in total. The van der Waals surface area contributed by atoms with Gasteiger partial charge in [0.2, 0.25) is 5.91 Å². The van der Waals surface area contributed by atoms with E-state index >= 15 is 0 Å². The predicted octanol–water partition coefficient (Wildman–Crippen LogP) is 2.49. The van der Waals surface area contributed by atoms with Gasteiger partial charge in [-0.15, -0.1) is 0 Å². The summed E-state index contributed by atoms with van der Waals surface area (Å²) < 4.78 is 0.630. The van der Waals surface area contributed by atoms with Crippen LogP contribution >= 0.6 is 15.9 Å². The fourth-order valence-electron chi connectivity index (χ4n) is 2.85. The molecule has 1 atom stereocenters. The first-order valence-corrected chi connectivity index (χ1v) is 7.65. The van der Waals surface area contributed by atoms with Gasteiger partial charge < -0.3 is 15.7 Å². The minimum Gasteiger partial charge on any atom is -0.481 e. The fraction of sp³-hybridized carbons (Fsp3) is 0.467. The monoisotopic (exact) mass is 354 g/mol. The van der Waals surface area contributed by atoms with Crippen LogP contribution in [0, 0.1) is 11.3 Å². The number of carbonyl (C=O) groups is 2. The molecule has 6 heteroatoms. The van der Waals surface area contributed by atoms with Gasteiger partial charge in [0, 0.05) is 23.2 Å². The number of nitrogens with zero attached hydrogens (tertiary/aromatic N) is 1. The van der Waals surface area contributed by atoms with Gasteiger partial charge in [-0.05, 0) is 46.5 Å². The number of carboxylic acid groups (broad SMARTS) is 1. The van der Waals surface area contributed by atoms with Gasteiger partial charge in [0.1, 0.15) is 0 Å². The minimum atomic E-state index is -0.743. The number of nitrogens with two attached hydrogens (primary N) is 1. The summed E-state index contributed by atoms with van der Waals surface area (Å²) in [5.74, 6) is -1.17. The van der Waals surface area contributed by atoms with Crippen LogP contribution in [0.4, 0.5) is 5.69 Å². The second-order valence-electron chi connectivity index (χ2n) is 5.82. The van der Waals surface area contributed by atoms with E-state index in [2.05, 4.69) is 15.9 Å². The van der Waals surface area contributed by atoms with Gasteiger partial charge in [-0.2, -0.15) is 0 Å². The van der Waals surface area contributed by atoms with Crippen molar-refractivity contribution in [3.63, 3.8) is 0 Å². The number of benzene rings is 1. The Kier molecular flexibility index (Phi) is 4.27. The van der Waals surface area contributed by atoms with Crippen LogP contribution in [0.3, 0.4) is 0 Å². The minimum absolute atomic E-state index is 0.0633. The van der Waals surface area contributed by atoms with E-state index in [1.54, 1.807) is 6.07 Å². The number of rotatable bonds is 4. The Hall–Kier alpha value is -1.56. The number of amides is 1.